The van der Waals surface area contributed by atoms with Crippen LogP contribution < -0.4 is 5.32 Å². The van der Waals surface area contributed by atoms with Crippen molar-refractivity contribution >= 4 is 17.2 Å². The van der Waals surface area contributed by atoms with Crippen LogP contribution in [0, 0.1) is 0 Å². The summed E-state index contributed by atoms with van der Waals surface area (Å²) in [5.41, 5.74) is 1.22. The number of rotatable bonds is 1. The Balaban J connectivity index is 2.03. The van der Waals surface area contributed by atoms with Gasteiger partial charge in [0.05, 0.1) is 5.69 Å². The molecular formula is C13H18N4S. The normalized spacial score (nSPS) is 19.4. The first-order valence-electron chi connectivity index (χ1n) is 6.29. The highest BCUT2D eigenvalue weighted by molar-refractivity contribution is 7.09. The van der Waals surface area contributed by atoms with E-state index < -0.39 is 0 Å². The van der Waals surface area contributed by atoms with Crippen LogP contribution in [-0.4, -0.2) is 21.3 Å². The first-order valence-corrected chi connectivity index (χ1v) is 7.17. The van der Waals surface area contributed by atoms with Gasteiger partial charge in [-0.15, -0.1) is 11.3 Å². The van der Waals surface area contributed by atoms with E-state index in [0.29, 0.717) is 0 Å². The molecule has 1 N–H and O–H groups in total. The highest BCUT2D eigenvalue weighted by Crippen LogP contribution is 2.33. The molecule has 1 aliphatic rings. The molecule has 96 valence electrons. The average molecular weight is 262 g/mol. The Bertz CT molecular complexity index is 536. The minimum absolute atomic E-state index is 0.0828. The highest BCUT2D eigenvalue weighted by atomic mass is 32.1. The number of thiazole rings is 1. The van der Waals surface area contributed by atoms with Gasteiger partial charge in [0.25, 0.3) is 0 Å². The molecule has 0 aliphatic carbocycles. The van der Waals surface area contributed by atoms with Crippen molar-refractivity contribution in [3.8, 4) is 0 Å². The van der Waals surface area contributed by atoms with Crippen LogP contribution in [0.25, 0.3) is 0 Å². The lowest BCUT2D eigenvalue weighted by molar-refractivity contribution is 0.461. The molecule has 0 fully saturated rings. The molecule has 2 aromatic rings. The van der Waals surface area contributed by atoms with Crippen LogP contribution in [0.3, 0.4) is 0 Å². The average Bonchev–Trinajstić information content (AvgIpc) is 2.96. The summed E-state index contributed by atoms with van der Waals surface area (Å²) in [6.45, 7) is 7.57. The fraction of sp³-hybridized carbons (Fsp3) is 0.538. The Morgan fingerprint density at radius 2 is 2.28 bits per heavy atom. The predicted octanol–water partition coefficient (Wildman–Crippen LogP) is 3.04. The molecule has 2 aromatic heterocycles. The molecule has 0 aromatic carbocycles. The van der Waals surface area contributed by atoms with Crippen molar-refractivity contribution in [3.05, 3.63) is 28.3 Å². The minimum Gasteiger partial charge on any atom is -0.370 e. The number of fused-ring (bicyclic) bond motifs is 1. The van der Waals surface area contributed by atoms with Gasteiger partial charge in [0.15, 0.2) is 0 Å². The molecule has 0 saturated carbocycles. The van der Waals surface area contributed by atoms with E-state index in [1.165, 1.54) is 0 Å². The molecule has 0 radical (unpaired) electrons. The van der Waals surface area contributed by atoms with Crippen LogP contribution in [0.5, 0.6) is 0 Å². The van der Waals surface area contributed by atoms with E-state index in [2.05, 4.69) is 41.8 Å². The van der Waals surface area contributed by atoms with Crippen LogP contribution >= 0.6 is 11.3 Å². The third-order valence-electron chi connectivity index (χ3n) is 3.26. The summed E-state index contributed by atoms with van der Waals surface area (Å²) in [4.78, 5) is 4.44. The second-order valence-electron chi connectivity index (χ2n) is 5.71. The smallest absolute Gasteiger partial charge is 0.125 e. The van der Waals surface area contributed by atoms with E-state index in [9.17, 15) is 0 Å². The zero-order valence-electron chi connectivity index (χ0n) is 11.0. The van der Waals surface area contributed by atoms with Crippen molar-refractivity contribution in [3.63, 3.8) is 0 Å². The van der Waals surface area contributed by atoms with Crippen LogP contribution in [0.4, 0.5) is 5.82 Å². The maximum absolute atomic E-state index is 4.78. The van der Waals surface area contributed by atoms with Crippen LogP contribution in [0.15, 0.2) is 17.6 Å². The highest BCUT2D eigenvalue weighted by Gasteiger charge is 2.27. The largest absolute Gasteiger partial charge is 0.370 e. The lowest BCUT2D eigenvalue weighted by Crippen LogP contribution is -2.24. The topological polar surface area (TPSA) is 42.7 Å². The van der Waals surface area contributed by atoms with Gasteiger partial charge in [0.2, 0.25) is 0 Å². The Morgan fingerprint density at radius 3 is 2.94 bits per heavy atom. The Hall–Kier alpha value is -1.36. The van der Waals surface area contributed by atoms with Crippen molar-refractivity contribution in [2.45, 2.75) is 38.6 Å². The monoisotopic (exact) mass is 262 g/mol. The van der Waals surface area contributed by atoms with Gasteiger partial charge in [0.1, 0.15) is 16.9 Å². The lowest BCUT2D eigenvalue weighted by atomic mass is 9.92. The van der Waals surface area contributed by atoms with Crippen molar-refractivity contribution in [2.75, 3.05) is 11.9 Å². The van der Waals surface area contributed by atoms with Gasteiger partial charge in [-0.1, -0.05) is 20.8 Å². The van der Waals surface area contributed by atoms with E-state index in [4.69, 9.17) is 5.10 Å². The zero-order valence-corrected chi connectivity index (χ0v) is 11.8. The molecule has 0 amide bonds. The minimum atomic E-state index is 0.0828. The van der Waals surface area contributed by atoms with Crippen LogP contribution in [0.2, 0.25) is 0 Å². The van der Waals surface area contributed by atoms with Gasteiger partial charge in [0, 0.05) is 29.6 Å². The molecular weight excluding hydrogens is 244 g/mol. The van der Waals surface area contributed by atoms with E-state index >= 15 is 0 Å². The molecule has 3 heterocycles. The third kappa shape index (κ3) is 1.92. The quantitative estimate of drug-likeness (QED) is 0.859. The maximum Gasteiger partial charge on any atom is 0.125 e. The van der Waals surface area contributed by atoms with Crippen molar-refractivity contribution in [1.82, 2.24) is 14.8 Å². The molecule has 0 bridgehead atoms. The first-order chi connectivity index (χ1) is 8.55. The second kappa shape index (κ2) is 4.09. The molecule has 5 heteroatoms. The maximum atomic E-state index is 4.78. The van der Waals surface area contributed by atoms with Gasteiger partial charge in [-0.25, -0.2) is 9.67 Å². The van der Waals surface area contributed by atoms with E-state index in [1.807, 2.05) is 11.6 Å². The van der Waals surface area contributed by atoms with Crippen molar-refractivity contribution < 1.29 is 0 Å². The Kier molecular flexibility index (Phi) is 2.66. The molecule has 3 rings (SSSR count). The van der Waals surface area contributed by atoms with E-state index in [1.54, 1.807) is 11.3 Å². The molecule has 4 nitrogen and oxygen atoms in total. The summed E-state index contributed by atoms with van der Waals surface area (Å²) in [5.74, 6) is 1.12. The second-order valence-corrected chi connectivity index (χ2v) is 6.64. The van der Waals surface area contributed by atoms with Gasteiger partial charge in [-0.3, -0.25) is 0 Å². The Morgan fingerprint density at radius 1 is 1.44 bits per heavy atom. The van der Waals surface area contributed by atoms with Gasteiger partial charge >= 0.3 is 0 Å². The number of hydrogen-bond acceptors (Lipinski definition) is 4. The summed E-state index contributed by atoms with van der Waals surface area (Å²) in [6.07, 6.45) is 2.92. The molecule has 18 heavy (non-hydrogen) atoms. The van der Waals surface area contributed by atoms with Gasteiger partial charge < -0.3 is 5.32 Å². The summed E-state index contributed by atoms with van der Waals surface area (Å²) < 4.78 is 2.10. The summed E-state index contributed by atoms with van der Waals surface area (Å²) in [7, 11) is 0. The third-order valence-corrected chi connectivity index (χ3v) is 4.14. The number of nitrogens with zero attached hydrogens (tertiary/aromatic N) is 3. The fourth-order valence-electron chi connectivity index (χ4n) is 2.22. The molecule has 1 aliphatic heterocycles. The molecule has 1 atom stereocenters. The molecule has 0 spiro atoms. The summed E-state index contributed by atoms with van der Waals surface area (Å²) >= 11 is 1.71. The number of hydrogen-bond donors (Lipinski definition) is 1. The first kappa shape index (κ1) is 11.7. The van der Waals surface area contributed by atoms with Crippen LogP contribution in [0.1, 0.15) is 43.9 Å². The summed E-state index contributed by atoms with van der Waals surface area (Å²) in [6, 6.07) is 2.46. The SMILES string of the molecule is CC(C)(C)c1cc2n(n1)C(c1nccs1)CCN2. The standard InChI is InChI=1S/C13H18N4S/c1-13(2,3)10-8-11-14-5-4-9(17(11)16-10)12-15-6-7-18-12/h6-9,14H,4-5H2,1-3H3. The predicted molar refractivity (Wildman–Crippen MR) is 74.3 cm³/mol. The number of aromatic nitrogens is 3. The Labute approximate surface area is 111 Å². The lowest BCUT2D eigenvalue weighted by Gasteiger charge is -2.24. The number of nitrogens with one attached hydrogen (secondary N) is 1. The van der Waals surface area contributed by atoms with Crippen molar-refractivity contribution in [1.29, 1.82) is 0 Å². The summed E-state index contributed by atoms with van der Waals surface area (Å²) in [5, 5.41) is 11.4. The van der Waals surface area contributed by atoms with Crippen molar-refractivity contribution in [2.24, 2.45) is 0 Å². The zero-order chi connectivity index (χ0) is 12.8. The van der Waals surface area contributed by atoms with Gasteiger partial charge in [-0.05, 0) is 6.42 Å². The number of anilines is 1. The van der Waals surface area contributed by atoms with E-state index in [0.717, 1.165) is 29.5 Å². The fourth-order valence-corrected chi connectivity index (χ4v) is 2.97. The van der Waals surface area contributed by atoms with E-state index in [-0.39, 0.29) is 11.5 Å². The molecule has 0 saturated heterocycles. The van der Waals surface area contributed by atoms with Crippen LogP contribution in [-0.2, 0) is 5.41 Å². The molecule has 1 unspecified atom stereocenters. The van der Waals surface area contributed by atoms with Gasteiger partial charge in [-0.2, -0.15) is 5.10 Å².